The summed E-state index contributed by atoms with van der Waals surface area (Å²) in [4.78, 5) is 1.17. The van der Waals surface area contributed by atoms with Gasteiger partial charge in [-0.2, -0.15) is 0 Å². The molecule has 86 valence electrons. The molecule has 0 amide bonds. The molecule has 0 saturated carbocycles. The molecule has 0 fully saturated rings. The van der Waals surface area contributed by atoms with Crippen molar-refractivity contribution in [3.63, 3.8) is 0 Å². The summed E-state index contributed by atoms with van der Waals surface area (Å²) in [7, 11) is 0. The SMILES string of the molecule is Cc1cc(-c2nncn2CC(C)C)sc1Br. The zero-order chi connectivity index (χ0) is 11.7. The first-order valence-electron chi connectivity index (χ1n) is 5.22. The molecule has 0 N–H and O–H groups in total. The number of aryl methyl sites for hydroxylation is 1. The first kappa shape index (κ1) is 11.8. The Morgan fingerprint density at radius 2 is 2.25 bits per heavy atom. The van der Waals surface area contributed by atoms with Gasteiger partial charge in [0.1, 0.15) is 6.33 Å². The Balaban J connectivity index is 2.36. The van der Waals surface area contributed by atoms with Crippen LogP contribution in [0.3, 0.4) is 0 Å². The molecule has 2 heterocycles. The van der Waals surface area contributed by atoms with E-state index in [2.05, 4.69) is 57.5 Å². The average Bonchev–Trinajstić information content (AvgIpc) is 2.74. The predicted octanol–water partition coefficient (Wildman–Crippen LogP) is 3.73. The van der Waals surface area contributed by atoms with Gasteiger partial charge in [-0.15, -0.1) is 21.5 Å². The molecule has 0 radical (unpaired) electrons. The summed E-state index contributed by atoms with van der Waals surface area (Å²) in [5.41, 5.74) is 1.25. The third-order valence-electron chi connectivity index (χ3n) is 2.25. The van der Waals surface area contributed by atoms with Gasteiger partial charge in [0.15, 0.2) is 5.82 Å². The Kier molecular flexibility index (Phi) is 3.44. The van der Waals surface area contributed by atoms with Crippen LogP contribution in [-0.2, 0) is 6.54 Å². The molecule has 3 nitrogen and oxygen atoms in total. The van der Waals surface area contributed by atoms with Crippen LogP contribution in [0.2, 0.25) is 0 Å². The minimum atomic E-state index is 0.597. The Morgan fingerprint density at radius 3 is 2.81 bits per heavy atom. The largest absolute Gasteiger partial charge is 0.313 e. The zero-order valence-electron chi connectivity index (χ0n) is 9.57. The number of hydrogen-bond acceptors (Lipinski definition) is 3. The van der Waals surface area contributed by atoms with Crippen molar-refractivity contribution in [2.24, 2.45) is 5.92 Å². The van der Waals surface area contributed by atoms with Crippen molar-refractivity contribution in [2.75, 3.05) is 0 Å². The van der Waals surface area contributed by atoms with E-state index in [1.165, 1.54) is 14.2 Å². The zero-order valence-corrected chi connectivity index (χ0v) is 12.0. The van der Waals surface area contributed by atoms with E-state index < -0.39 is 0 Å². The standard InChI is InChI=1S/C11H14BrN3S/c1-7(2)5-15-6-13-14-11(15)9-4-8(3)10(12)16-9/h4,6-7H,5H2,1-3H3. The summed E-state index contributed by atoms with van der Waals surface area (Å²) < 4.78 is 3.28. The summed E-state index contributed by atoms with van der Waals surface area (Å²) in [6.07, 6.45) is 1.80. The number of hydrogen-bond donors (Lipinski definition) is 0. The minimum Gasteiger partial charge on any atom is -0.313 e. The lowest BCUT2D eigenvalue weighted by molar-refractivity contribution is 0.525. The van der Waals surface area contributed by atoms with Crippen LogP contribution in [0.4, 0.5) is 0 Å². The van der Waals surface area contributed by atoms with Crippen LogP contribution in [0.1, 0.15) is 19.4 Å². The number of rotatable bonds is 3. The van der Waals surface area contributed by atoms with Crippen LogP contribution in [-0.4, -0.2) is 14.8 Å². The highest BCUT2D eigenvalue weighted by Crippen LogP contribution is 2.33. The minimum absolute atomic E-state index is 0.597. The molecule has 2 aromatic rings. The Hall–Kier alpha value is -0.680. The lowest BCUT2D eigenvalue weighted by Gasteiger charge is -2.07. The van der Waals surface area contributed by atoms with E-state index in [1.807, 2.05) is 0 Å². The fourth-order valence-corrected chi connectivity index (χ4v) is 3.08. The highest BCUT2D eigenvalue weighted by molar-refractivity contribution is 9.11. The predicted molar refractivity (Wildman–Crippen MR) is 70.6 cm³/mol. The molecule has 0 aliphatic carbocycles. The average molecular weight is 300 g/mol. The second-order valence-electron chi connectivity index (χ2n) is 4.27. The number of nitrogens with zero attached hydrogens (tertiary/aromatic N) is 3. The normalized spacial score (nSPS) is 11.3. The first-order valence-corrected chi connectivity index (χ1v) is 6.83. The van der Waals surface area contributed by atoms with Gasteiger partial charge in [-0.05, 0) is 40.4 Å². The van der Waals surface area contributed by atoms with E-state index in [1.54, 1.807) is 17.7 Å². The molecule has 2 rings (SSSR count). The van der Waals surface area contributed by atoms with Gasteiger partial charge >= 0.3 is 0 Å². The third-order valence-corrected chi connectivity index (χ3v) is 4.39. The molecule has 0 saturated heterocycles. The summed E-state index contributed by atoms with van der Waals surface area (Å²) in [6, 6.07) is 2.15. The quantitative estimate of drug-likeness (QED) is 0.864. The van der Waals surface area contributed by atoms with E-state index in [0.717, 1.165) is 12.4 Å². The van der Waals surface area contributed by atoms with Crippen molar-refractivity contribution in [3.05, 3.63) is 21.7 Å². The van der Waals surface area contributed by atoms with Gasteiger partial charge in [-0.3, -0.25) is 0 Å². The van der Waals surface area contributed by atoms with Crippen LogP contribution >= 0.6 is 27.3 Å². The molecule has 2 aromatic heterocycles. The fourth-order valence-electron chi connectivity index (χ4n) is 1.54. The summed E-state index contributed by atoms with van der Waals surface area (Å²) in [6.45, 7) is 7.43. The Morgan fingerprint density at radius 1 is 1.50 bits per heavy atom. The van der Waals surface area contributed by atoms with E-state index in [4.69, 9.17) is 0 Å². The van der Waals surface area contributed by atoms with Gasteiger partial charge in [0, 0.05) is 6.54 Å². The summed E-state index contributed by atoms with van der Waals surface area (Å²) in [5, 5.41) is 8.19. The van der Waals surface area contributed by atoms with Gasteiger partial charge in [0.2, 0.25) is 0 Å². The van der Waals surface area contributed by atoms with E-state index in [9.17, 15) is 0 Å². The second-order valence-corrected chi connectivity index (χ2v) is 6.64. The van der Waals surface area contributed by atoms with Gasteiger partial charge in [-0.25, -0.2) is 0 Å². The monoisotopic (exact) mass is 299 g/mol. The maximum absolute atomic E-state index is 4.20. The molecule has 0 unspecified atom stereocenters. The second kappa shape index (κ2) is 4.67. The van der Waals surface area contributed by atoms with Crippen LogP contribution in [0.5, 0.6) is 0 Å². The van der Waals surface area contributed by atoms with Gasteiger partial charge in [0.25, 0.3) is 0 Å². The van der Waals surface area contributed by atoms with Gasteiger partial charge in [0.05, 0.1) is 8.66 Å². The Bertz CT molecular complexity index is 468. The molecule has 0 bridgehead atoms. The highest BCUT2D eigenvalue weighted by Gasteiger charge is 2.12. The van der Waals surface area contributed by atoms with Crippen molar-refractivity contribution in [3.8, 4) is 10.7 Å². The smallest absolute Gasteiger partial charge is 0.173 e. The van der Waals surface area contributed by atoms with E-state index >= 15 is 0 Å². The molecule has 0 atom stereocenters. The first-order chi connectivity index (χ1) is 7.58. The number of halogens is 1. The van der Waals surface area contributed by atoms with E-state index in [-0.39, 0.29) is 0 Å². The van der Waals surface area contributed by atoms with Crippen LogP contribution in [0.15, 0.2) is 16.2 Å². The molecule has 0 aliphatic heterocycles. The van der Waals surface area contributed by atoms with Gasteiger partial charge in [-0.1, -0.05) is 13.8 Å². The van der Waals surface area contributed by atoms with Crippen molar-refractivity contribution < 1.29 is 0 Å². The number of thiophene rings is 1. The lowest BCUT2D eigenvalue weighted by Crippen LogP contribution is -2.04. The Labute approximate surface area is 108 Å². The molecule has 0 spiro atoms. The van der Waals surface area contributed by atoms with Crippen LogP contribution < -0.4 is 0 Å². The molecular formula is C11H14BrN3S. The van der Waals surface area contributed by atoms with E-state index in [0.29, 0.717) is 5.92 Å². The van der Waals surface area contributed by atoms with Crippen molar-refractivity contribution in [1.29, 1.82) is 0 Å². The molecule has 0 aromatic carbocycles. The molecule has 0 aliphatic rings. The van der Waals surface area contributed by atoms with Crippen LogP contribution in [0.25, 0.3) is 10.7 Å². The highest BCUT2D eigenvalue weighted by atomic mass is 79.9. The third kappa shape index (κ3) is 2.35. The summed E-state index contributed by atoms with van der Waals surface area (Å²) >= 11 is 5.24. The van der Waals surface area contributed by atoms with Crippen molar-refractivity contribution in [1.82, 2.24) is 14.8 Å². The van der Waals surface area contributed by atoms with Gasteiger partial charge < -0.3 is 4.57 Å². The lowest BCUT2D eigenvalue weighted by atomic mass is 10.2. The maximum Gasteiger partial charge on any atom is 0.173 e. The van der Waals surface area contributed by atoms with Crippen LogP contribution in [0, 0.1) is 12.8 Å². The topological polar surface area (TPSA) is 30.7 Å². The fraction of sp³-hybridized carbons (Fsp3) is 0.455. The maximum atomic E-state index is 4.20. The molecular weight excluding hydrogens is 286 g/mol. The summed E-state index contributed by atoms with van der Waals surface area (Å²) in [5.74, 6) is 1.56. The van der Waals surface area contributed by atoms with Crippen molar-refractivity contribution >= 4 is 27.3 Å². The molecule has 5 heteroatoms. The van der Waals surface area contributed by atoms with Crippen molar-refractivity contribution in [2.45, 2.75) is 27.3 Å². The number of aromatic nitrogens is 3. The molecule has 16 heavy (non-hydrogen) atoms.